The zero-order valence-electron chi connectivity index (χ0n) is 13.6. The molecule has 1 fully saturated rings. The molecule has 6 nitrogen and oxygen atoms in total. The Morgan fingerprint density at radius 1 is 1.17 bits per heavy atom. The number of aromatic nitrogens is 2. The first kappa shape index (κ1) is 16.3. The predicted octanol–water partition coefficient (Wildman–Crippen LogP) is 1.62. The van der Waals surface area contributed by atoms with Crippen LogP contribution in [0.1, 0.15) is 16.1 Å². The number of carbonyl (C=O) groups excluding carboxylic acids is 1. The molecular formula is C17H20FN5O. The van der Waals surface area contributed by atoms with Crippen molar-refractivity contribution in [2.75, 3.05) is 38.5 Å². The molecule has 3 rings (SSSR count). The zero-order chi connectivity index (χ0) is 16.9. The fourth-order valence-electron chi connectivity index (χ4n) is 2.54. The maximum atomic E-state index is 12.9. The van der Waals surface area contributed by atoms with Crippen LogP contribution in [0.4, 0.5) is 10.2 Å². The molecule has 1 aromatic heterocycles. The Bertz CT molecular complexity index is 698. The Kier molecular flexibility index (Phi) is 5.00. The van der Waals surface area contributed by atoms with Crippen LogP contribution in [0.5, 0.6) is 0 Å². The summed E-state index contributed by atoms with van der Waals surface area (Å²) in [5.41, 5.74) is 1.32. The Morgan fingerprint density at radius 2 is 1.88 bits per heavy atom. The Labute approximate surface area is 140 Å². The molecule has 1 aliphatic heterocycles. The number of benzene rings is 1. The molecule has 1 aliphatic rings. The van der Waals surface area contributed by atoms with Crippen LogP contribution in [0, 0.1) is 5.82 Å². The summed E-state index contributed by atoms with van der Waals surface area (Å²) in [6.07, 6.45) is 1.39. The van der Waals surface area contributed by atoms with Crippen molar-refractivity contribution in [1.82, 2.24) is 19.8 Å². The van der Waals surface area contributed by atoms with Gasteiger partial charge in [-0.15, -0.1) is 0 Å². The average molecular weight is 329 g/mol. The number of hydrogen-bond donors (Lipinski definition) is 1. The number of likely N-dealkylation sites (N-methyl/N-ethyl adjacent to an activating group) is 1. The molecule has 0 aliphatic carbocycles. The van der Waals surface area contributed by atoms with E-state index < -0.39 is 0 Å². The summed E-state index contributed by atoms with van der Waals surface area (Å²) in [6.45, 7) is 3.65. The lowest BCUT2D eigenvalue weighted by Crippen LogP contribution is -2.47. The molecule has 1 amide bonds. The van der Waals surface area contributed by atoms with Gasteiger partial charge in [0, 0.05) is 38.8 Å². The second kappa shape index (κ2) is 7.35. The second-order valence-corrected chi connectivity index (χ2v) is 5.86. The van der Waals surface area contributed by atoms with Crippen LogP contribution < -0.4 is 5.32 Å². The Morgan fingerprint density at radius 3 is 2.58 bits per heavy atom. The first-order valence-corrected chi connectivity index (χ1v) is 7.90. The standard InChI is InChI=1S/C17H20FN5O/c1-22-6-8-23(9-7-22)17(24)15-10-16(21-12-20-15)19-11-13-2-4-14(18)5-3-13/h2-5,10,12H,6-9,11H2,1H3,(H,19,20,21). The zero-order valence-corrected chi connectivity index (χ0v) is 13.6. The SMILES string of the molecule is CN1CCN(C(=O)c2cc(NCc3ccc(F)cc3)ncn2)CC1. The maximum absolute atomic E-state index is 12.9. The number of anilines is 1. The third-order valence-electron chi connectivity index (χ3n) is 4.06. The normalized spacial score (nSPS) is 15.3. The molecule has 24 heavy (non-hydrogen) atoms. The van der Waals surface area contributed by atoms with Crippen LogP contribution in [-0.4, -0.2) is 58.9 Å². The van der Waals surface area contributed by atoms with Gasteiger partial charge < -0.3 is 15.1 Å². The summed E-state index contributed by atoms with van der Waals surface area (Å²) in [6, 6.07) is 7.91. The fourth-order valence-corrected chi connectivity index (χ4v) is 2.54. The monoisotopic (exact) mass is 329 g/mol. The largest absolute Gasteiger partial charge is 0.366 e. The van der Waals surface area contributed by atoms with Gasteiger partial charge in [0.25, 0.3) is 5.91 Å². The lowest BCUT2D eigenvalue weighted by molar-refractivity contribution is 0.0658. The Hall–Kier alpha value is -2.54. The molecule has 1 N–H and O–H groups in total. The molecule has 0 atom stereocenters. The van der Waals surface area contributed by atoms with Gasteiger partial charge in [-0.1, -0.05) is 12.1 Å². The summed E-state index contributed by atoms with van der Waals surface area (Å²) >= 11 is 0. The van der Waals surface area contributed by atoms with Crippen LogP contribution in [0.3, 0.4) is 0 Å². The maximum Gasteiger partial charge on any atom is 0.272 e. The van der Waals surface area contributed by atoms with E-state index in [1.165, 1.54) is 18.5 Å². The van der Waals surface area contributed by atoms with Crippen molar-refractivity contribution < 1.29 is 9.18 Å². The van der Waals surface area contributed by atoms with Crippen molar-refractivity contribution in [1.29, 1.82) is 0 Å². The van der Waals surface area contributed by atoms with Gasteiger partial charge in [-0.2, -0.15) is 0 Å². The molecule has 7 heteroatoms. The van der Waals surface area contributed by atoms with E-state index in [1.54, 1.807) is 18.2 Å². The number of amides is 1. The van der Waals surface area contributed by atoms with Gasteiger partial charge in [-0.3, -0.25) is 4.79 Å². The second-order valence-electron chi connectivity index (χ2n) is 5.86. The van der Waals surface area contributed by atoms with E-state index in [1.807, 2.05) is 11.9 Å². The number of hydrogen-bond acceptors (Lipinski definition) is 5. The minimum Gasteiger partial charge on any atom is -0.366 e. The fraction of sp³-hybridized carbons (Fsp3) is 0.353. The third kappa shape index (κ3) is 4.05. The van der Waals surface area contributed by atoms with E-state index in [4.69, 9.17) is 0 Å². The van der Waals surface area contributed by atoms with Crippen LogP contribution in [-0.2, 0) is 6.54 Å². The van der Waals surface area contributed by atoms with Gasteiger partial charge in [0.1, 0.15) is 23.7 Å². The smallest absolute Gasteiger partial charge is 0.272 e. The van der Waals surface area contributed by atoms with Crippen molar-refractivity contribution in [3.8, 4) is 0 Å². The molecule has 126 valence electrons. The molecule has 2 aromatic rings. The van der Waals surface area contributed by atoms with Crippen molar-refractivity contribution in [3.63, 3.8) is 0 Å². The van der Waals surface area contributed by atoms with Crippen LogP contribution >= 0.6 is 0 Å². The van der Waals surface area contributed by atoms with Crippen molar-refractivity contribution >= 4 is 11.7 Å². The number of carbonyl (C=O) groups is 1. The van der Waals surface area contributed by atoms with Crippen LogP contribution in [0.15, 0.2) is 36.7 Å². The molecule has 0 spiro atoms. The van der Waals surface area contributed by atoms with E-state index in [-0.39, 0.29) is 11.7 Å². The highest BCUT2D eigenvalue weighted by Crippen LogP contribution is 2.11. The summed E-state index contributed by atoms with van der Waals surface area (Å²) in [4.78, 5) is 24.8. The first-order chi connectivity index (χ1) is 11.6. The quantitative estimate of drug-likeness (QED) is 0.923. The van der Waals surface area contributed by atoms with Crippen molar-refractivity contribution in [2.24, 2.45) is 0 Å². The molecule has 0 bridgehead atoms. The van der Waals surface area contributed by atoms with Gasteiger partial charge in [-0.05, 0) is 24.7 Å². The first-order valence-electron chi connectivity index (χ1n) is 7.90. The number of halogens is 1. The van der Waals surface area contributed by atoms with Gasteiger partial charge in [0.05, 0.1) is 0 Å². The minimum absolute atomic E-state index is 0.0738. The minimum atomic E-state index is -0.263. The summed E-state index contributed by atoms with van der Waals surface area (Å²) in [7, 11) is 2.05. The lowest BCUT2D eigenvalue weighted by atomic mass is 10.2. The average Bonchev–Trinajstić information content (AvgIpc) is 2.61. The van der Waals surface area contributed by atoms with Crippen molar-refractivity contribution in [2.45, 2.75) is 6.54 Å². The van der Waals surface area contributed by atoms with Crippen LogP contribution in [0.2, 0.25) is 0 Å². The highest BCUT2D eigenvalue weighted by atomic mass is 19.1. The predicted molar refractivity (Wildman–Crippen MR) is 89.2 cm³/mol. The molecular weight excluding hydrogens is 309 g/mol. The van der Waals surface area contributed by atoms with Gasteiger partial charge in [0.2, 0.25) is 0 Å². The summed E-state index contributed by atoms with van der Waals surface area (Å²) < 4.78 is 12.9. The third-order valence-corrected chi connectivity index (χ3v) is 4.06. The number of piperazine rings is 1. The van der Waals surface area contributed by atoms with Crippen molar-refractivity contribution in [3.05, 3.63) is 53.7 Å². The number of nitrogens with one attached hydrogen (secondary N) is 1. The molecule has 1 aromatic carbocycles. The van der Waals surface area contributed by atoms with E-state index in [2.05, 4.69) is 20.2 Å². The van der Waals surface area contributed by atoms with E-state index >= 15 is 0 Å². The van der Waals surface area contributed by atoms with E-state index in [0.717, 1.165) is 18.7 Å². The molecule has 0 radical (unpaired) electrons. The lowest BCUT2D eigenvalue weighted by Gasteiger charge is -2.32. The van der Waals surface area contributed by atoms with Gasteiger partial charge in [0.15, 0.2) is 0 Å². The molecule has 0 unspecified atom stereocenters. The highest BCUT2D eigenvalue weighted by Gasteiger charge is 2.21. The molecule has 2 heterocycles. The van der Waals surface area contributed by atoms with E-state index in [0.29, 0.717) is 31.1 Å². The van der Waals surface area contributed by atoms with Crippen LogP contribution in [0.25, 0.3) is 0 Å². The molecule has 0 saturated carbocycles. The Balaban J connectivity index is 1.63. The highest BCUT2D eigenvalue weighted by molar-refractivity contribution is 5.93. The summed E-state index contributed by atoms with van der Waals surface area (Å²) in [5.74, 6) is 0.239. The topological polar surface area (TPSA) is 61.4 Å². The number of nitrogens with zero attached hydrogens (tertiary/aromatic N) is 4. The number of rotatable bonds is 4. The van der Waals surface area contributed by atoms with E-state index in [9.17, 15) is 9.18 Å². The van der Waals surface area contributed by atoms with Gasteiger partial charge >= 0.3 is 0 Å². The van der Waals surface area contributed by atoms with Gasteiger partial charge in [-0.25, -0.2) is 14.4 Å². The molecule has 1 saturated heterocycles. The summed E-state index contributed by atoms with van der Waals surface area (Å²) in [5, 5.41) is 3.13.